The number of hydrogen-bond donors (Lipinski definition) is 1. The third-order valence-corrected chi connectivity index (χ3v) is 4.78. The predicted molar refractivity (Wildman–Crippen MR) is 83.4 cm³/mol. The van der Waals surface area contributed by atoms with Gasteiger partial charge in [0.15, 0.2) is 0 Å². The molecule has 0 bridgehead atoms. The van der Waals surface area contributed by atoms with Crippen molar-refractivity contribution in [3.63, 3.8) is 0 Å². The molecule has 1 aliphatic heterocycles. The molecule has 1 saturated heterocycles. The number of nitrogens with one attached hydrogen (secondary N) is 1. The Morgan fingerprint density at radius 2 is 2.05 bits per heavy atom. The summed E-state index contributed by atoms with van der Waals surface area (Å²) < 4.78 is 0. The molecule has 2 nitrogen and oxygen atoms in total. The highest BCUT2D eigenvalue weighted by Crippen LogP contribution is 2.37. The largest absolute Gasteiger partial charge is 0.316 e. The molecule has 0 spiro atoms. The van der Waals surface area contributed by atoms with Crippen molar-refractivity contribution in [2.75, 3.05) is 33.7 Å². The molecular weight excluding hydrogens is 279 g/mol. The van der Waals surface area contributed by atoms with E-state index in [2.05, 4.69) is 30.4 Å². The molecule has 106 valence electrons. The Morgan fingerprint density at radius 1 is 1.26 bits per heavy atom. The Labute approximate surface area is 126 Å². The molecule has 1 fully saturated rings. The summed E-state index contributed by atoms with van der Waals surface area (Å²) in [6.07, 6.45) is 3.57. The molecular formula is C15H22Cl2N2. The SMILES string of the molecule is CN(C)CCC1(c2ccc(Cl)c(Cl)c2)CCCNC1. The van der Waals surface area contributed by atoms with Crippen LogP contribution in [-0.4, -0.2) is 38.6 Å². The molecule has 0 aromatic heterocycles. The third-order valence-electron chi connectivity index (χ3n) is 4.04. The van der Waals surface area contributed by atoms with E-state index in [1.807, 2.05) is 12.1 Å². The minimum atomic E-state index is 0.191. The number of hydrogen-bond acceptors (Lipinski definition) is 2. The van der Waals surface area contributed by atoms with Crippen molar-refractivity contribution in [3.05, 3.63) is 33.8 Å². The monoisotopic (exact) mass is 300 g/mol. The zero-order valence-corrected chi connectivity index (χ0v) is 13.2. The Hall–Kier alpha value is -0.280. The number of benzene rings is 1. The van der Waals surface area contributed by atoms with Gasteiger partial charge in [-0.05, 0) is 64.1 Å². The van der Waals surface area contributed by atoms with Crippen molar-refractivity contribution in [2.24, 2.45) is 0 Å². The Balaban J connectivity index is 2.27. The van der Waals surface area contributed by atoms with E-state index in [0.717, 1.165) is 26.1 Å². The van der Waals surface area contributed by atoms with E-state index in [4.69, 9.17) is 23.2 Å². The van der Waals surface area contributed by atoms with Crippen molar-refractivity contribution < 1.29 is 0 Å². The lowest BCUT2D eigenvalue weighted by Crippen LogP contribution is -2.45. The second-order valence-electron chi connectivity index (χ2n) is 5.74. The van der Waals surface area contributed by atoms with E-state index in [1.165, 1.54) is 18.4 Å². The first-order chi connectivity index (χ1) is 9.03. The molecule has 1 N–H and O–H groups in total. The van der Waals surface area contributed by atoms with E-state index in [0.29, 0.717) is 10.0 Å². The molecule has 0 saturated carbocycles. The summed E-state index contributed by atoms with van der Waals surface area (Å²) >= 11 is 12.2. The van der Waals surface area contributed by atoms with Gasteiger partial charge in [-0.2, -0.15) is 0 Å². The van der Waals surface area contributed by atoms with Gasteiger partial charge in [0, 0.05) is 12.0 Å². The average molecular weight is 301 g/mol. The lowest BCUT2D eigenvalue weighted by Gasteiger charge is -2.39. The van der Waals surface area contributed by atoms with Crippen molar-refractivity contribution in [2.45, 2.75) is 24.7 Å². The van der Waals surface area contributed by atoms with Crippen LogP contribution in [0.3, 0.4) is 0 Å². The molecule has 19 heavy (non-hydrogen) atoms. The van der Waals surface area contributed by atoms with Crippen LogP contribution in [0.4, 0.5) is 0 Å². The maximum Gasteiger partial charge on any atom is 0.0595 e. The standard InChI is InChI=1S/C15H22Cl2N2/c1-19(2)9-7-15(6-3-8-18-11-15)12-4-5-13(16)14(17)10-12/h4-5,10,18H,3,6-9,11H2,1-2H3. The summed E-state index contributed by atoms with van der Waals surface area (Å²) in [5, 5.41) is 4.83. The van der Waals surface area contributed by atoms with Gasteiger partial charge in [0.1, 0.15) is 0 Å². The average Bonchev–Trinajstić information content (AvgIpc) is 2.40. The fourth-order valence-electron chi connectivity index (χ4n) is 2.84. The molecule has 1 aromatic carbocycles. The number of nitrogens with zero attached hydrogens (tertiary/aromatic N) is 1. The quantitative estimate of drug-likeness (QED) is 0.914. The fraction of sp³-hybridized carbons (Fsp3) is 0.600. The first kappa shape index (κ1) is 15.1. The van der Waals surface area contributed by atoms with Crippen LogP contribution in [-0.2, 0) is 5.41 Å². The highest BCUT2D eigenvalue weighted by Gasteiger charge is 2.33. The van der Waals surface area contributed by atoms with Crippen LogP contribution in [0.25, 0.3) is 0 Å². The first-order valence-electron chi connectivity index (χ1n) is 6.84. The molecule has 1 aromatic rings. The van der Waals surface area contributed by atoms with Crippen LogP contribution in [0.15, 0.2) is 18.2 Å². The molecule has 4 heteroatoms. The molecule has 0 radical (unpaired) electrons. The van der Waals surface area contributed by atoms with Crippen molar-refractivity contribution in [1.29, 1.82) is 0 Å². The number of piperidine rings is 1. The molecule has 2 rings (SSSR count). The van der Waals surface area contributed by atoms with Crippen LogP contribution >= 0.6 is 23.2 Å². The summed E-state index contributed by atoms with van der Waals surface area (Å²) in [6.45, 7) is 3.23. The van der Waals surface area contributed by atoms with E-state index < -0.39 is 0 Å². The molecule has 0 amide bonds. The van der Waals surface area contributed by atoms with Crippen molar-refractivity contribution in [1.82, 2.24) is 10.2 Å². The van der Waals surface area contributed by atoms with Gasteiger partial charge in [-0.3, -0.25) is 0 Å². The van der Waals surface area contributed by atoms with Gasteiger partial charge in [0.25, 0.3) is 0 Å². The highest BCUT2D eigenvalue weighted by atomic mass is 35.5. The zero-order valence-electron chi connectivity index (χ0n) is 11.7. The zero-order chi connectivity index (χ0) is 13.9. The topological polar surface area (TPSA) is 15.3 Å². The molecule has 1 aliphatic rings. The smallest absolute Gasteiger partial charge is 0.0595 e. The van der Waals surface area contributed by atoms with Gasteiger partial charge in [0.2, 0.25) is 0 Å². The summed E-state index contributed by atoms with van der Waals surface area (Å²) in [5.74, 6) is 0. The summed E-state index contributed by atoms with van der Waals surface area (Å²) in [5.41, 5.74) is 1.51. The number of rotatable bonds is 4. The Morgan fingerprint density at radius 3 is 2.63 bits per heavy atom. The minimum absolute atomic E-state index is 0.191. The lowest BCUT2D eigenvalue weighted by atomic mass is 9.72. The van der Waals surface area contributed by atoms with Crippen LogP contribution in [0, 0.1) is 0 Å². The Bertz CT molecular complexity index is 426. The van der Waals surface area contributed by atoms with Gasteiger partial charge in [-0.25, -0.2) is 0 Å². The van der Waals surface area contributed by atoms with E-state index >= 15 is 0 Å². The van der Waals surface area contributed by atoms with E-state index in [-0.39, 0.29) is 5.41 Å². The number of halogens is 2. The Kier molecular flexibility index (Phi) is 5.13. The van der Waals surface area contributed by atoms with E-state index in [9.17, 15) is 0 Å². The molecule has 0 aliphatic carbocycles. The van der Waals surface area contributed by atoms with Gasteiger partial charge in [0.05, 0.1) is 10.0 Å². The normalized spacial score (nSPS) is 23.8. The molecule has 1 unspecified atom stereocenters. The third kappa shape index (κ3) is 3.63. The van der Waals surface area contributed by atoms with Crippen LogP contribution in [0.1, 0.15) is 24.8 Å². The first-order valence-corrected chi connectivity index (χ1v) is 7.60. The molecule has 1 heterocycles. The second-order valence-corrected chi connectivity index (χ2v) is 6.56. The maximum atomic E-state index is 6.19. The lowest BCUT2D eigenvalue weighted by molar-refractivity contribution is 0.256. The van der Waals surface area contributed by atoms with Crippen molar-refractivity contribution >= 4 is 23.2 Å². The minimum Gasteiger partial charge on any atom is -0.316 e. The van der Waals surface area contributed by atoms with Gasteiger partial charge >= 0.3 is 0 Å². The summed E-state index contributed by atoms with van der Waals surface area (Å²) in [6, 6.07) is 6.11. The summed E-state index contributed by atoms with van der Waals surface area (Å²) in [7, 11) is 4.25. The van der Waals surface area contributed by atoms with Crippen molar-refractivity contribution in [3.8, 4) is 0 Å². The van der Waals surface area contributed by atoms with Gasteiger partial charge in [-0.15, -0.1) is 0 Å². The highest BCUT2D eigenvalue weighted by molar-refractivity contribution is 6.42. The van der Waals surface area contributed by atoms with Crippen LogP contribution in [0.5, 0.6) is 0 Å². The second kappa shape index (κ2) is 6.45. The fourth-order valence-corrected chi connectivity index (χ4v) is 3.13. The van der Waals surface area contributed by atoms with E-state index in [1.54, 1.807) is 0 Å². The maximum absolute atomic E-state index is 6.19. The van der Waals surface area contributed by atoms with Gasteiger partial charge < -0.3 is 10.2 Å². The molecule has 1 atom stereocenters. The van der Waals surface area contributed by atoms with Gasteiger partial charge in [-0.1, -0.05) is 29.3 Å². The predicted octanol–water partition coefficient (Wildman–Crippen LogP) is 3.57. The summed E-state index contributed by atoms with van der Waals surface area (Å²) in [4.78, 5) is 2.24. The van der Waals surface area contributed by atoms with Crippen LogP contribution in [0.2, 0.25) is 10.0 Å². The van der Waals surface area contributed by atoms with Crippen LogP contribution < -0.4 is 5.32 Å².